The Kier molecular flexibility index (Phi) is 7.75. The smallest absolute Gasteiger partial charge is 0.330 e. The van der Waals surface area contributed by atoms with Gasteiger partial charge in [-0.25, -0.2) is 4.79 Å². The van der Waals surface area contributed by atoms with E-state index in [0.717, 1.165) is 10.0 Å². The maximum Gasteiger partial charge on any atom is 0.330 e. The van der Waals surface area contributed by atoms with Crippen molar-refractivity contribution in [2.24, 2.45) is 5.92 Å². The van der Waals surface area contributed by atoms with Crippen LogP contribution in [0.15, 0.2) is 68.7 Å². The molecule has 1 amide bonds. The monoisotopic (exact) mass is 514 g/mol. The molecule has 0 spiro atoms. The van der Waals surface area contributed by atoms with Gasteiger partial charge in [0.25, 0.3) is 11.5 Å². The molecule has 0 aliphatic rings. The molecule has 0 aliphatic heterocycles. The van der Waals surface area contributed by atoms with Crippen LogP contribution in [-0.2, 0) is 11.3 Å². The highest BCUT2D eigenvalue weighted by Crippen LogP contribution is 2.22. The SMILES string of the molecule is CC(C)CN(C(=O)[C@@H](C)Oc1ccc(Br)cc1)c1c(N)n(Cc2ccccc2)c(=O)[nH]c1=O. The molecule has 2 aromatic carbocycles. The summed E-state index contributed by atoms with van der Waals surface area (Å²) < 4.78 is 7.95. The first-order valence-electron chi connectivity index (χ1n) is 10.6. The van der Waals surface area contributed by atoms with Gasteiger partial charge in [0.1, 0.15) is 11.6 Å². The number of hydrogen-bond donors (Lipinski definition) is 2. The van der Waals surface area contributed by atoms with Gasteiger partial charge in [0, 0.05) is 11.0 Å². The Morgan fingerprint density at radius 1 is 1.09 bits per heavy atom. The average Bonchev–Trinajstić information content (AvgIpc) is 2.77. The van der Waals surface area contributed by atoms with E-state index in [1.807, 2.05) is 44.2 Å². The van der Waals surface area contributed by atoms with Crippen molar-refractivity contribution in [3.63, 3.8) is 0 Å². The number of nitrogen functional groups attached to an aromatic ring is 1. The molecule has 3 N–H and O–H groups in total. The van der Waals surface area contributed by atoms with Crippen molar-refractivity contribution in [3.8, 4) is 5.75 Å². The Hall–Kier alpha value is -3.33. The van der Waals surface area contributed by atoms with Crippen LogP contribution >= 0.6 is 15.9 Å². The summed E-state index contributed by atoms with van der Waals surface area (Å²) in [4.78, 5) is 42.4. The quantitative estimate of drug-likeness (QED) is 0.478. The second kappa shape index (κ2) is 10.5. The molecule has 0 saturated heterocycles. The zero-order chi connectivity index (χ0) is 24.1. The Balaban J connectivity index is 1.99. The van der Waals surface area contributed by atoms with Crippen LogP contribution in [0.2, 0.25) is 0 Å². The van der Waals surface area contributed by atoms with Crippen LogP contribution in [0.25, 0.3) is 0 Å². The number of carbonyl (C=O) groups is 1. The molecule has 0 saturated carbocycles. The van der Waals surface area contributed by atoms with Gasteiger partial charge in [0.2, 0.25) is 0 Å². The van der Waals surface area contributed by atoms with Crippen molar-refractivity contribution in [1.29, 1.82) is 0 Å². The van der Waals surface area contributed by atoms with Crippen LogP contribution in [0, 0.1) is 5.92 Å². The molecule has 0 aliphatic carbocycles. The third kappa shape index (κ3) is 5.92. The molecule has 174 valence electrons. The largest absolute Gasteiger partial charge is 0.481 e. The summed E-state index contributed by atoms with van der Waals surface area (Å²) in [6.45, 7) is 5.84. The fourth-order valence-corrected chi connectivity index (χ4v) is 3.67. The molecule has 1 atom stereocenters. The minimum absolute atomic E-state index is 0.0298. The van der Waals surface area contributed by atoms with Crippen LogP contribution in [-0.4, -0.2) is 28.1 Å². The highest BCUT2D eigenvalue weighted by molar-refractivity contribution is 9.10. The summed E-state index contributed by atoms with van der Waals surface area (Å²) in [5, 5.41) is 0. The molecule has 1 heterocycles. The van der Waals surface area contributed by atoms with Gasteiger partial charge < -0.3 is 15.4 Å². The van der Waals surface area contributed by atoms with E-state index in [9.17, 15) is 14.4 Å². The second-order valence-corrected chi connectivity index (χ2v) is 9.04. The number of aromatic amines is 1. The van der Waals surface area contributed by atoms with Crippen molar-refractivity contribution in [2.45, 2.75) is 33.4 Å². The maximum atomic E-state index is 13.4. The molecule has 8 nitrogen and oxygen atoms in total. The number of anilines is 2. The summed E-state index contributed by atoms with van der Waals surface area (Å²) in [6.07, 6.45) is -0.891. The van der Waals surface area contributed by atoms with Crippen molar-refractivity contribution in [2.75, 3.05) is 17.2 Å². The molecule has 0 bridgehead atoms. The van der Waals surface area contributed by atoms with Crippen LogP contribution in [0.4, 0.5) is 11.5 Å². The zero-order valence-corrected chi connectivity index (χ0v) is 20.3. The molecule has 9 heteroatoms. The second-order valence-electron chi connectivity index (χ2n) is 8.12. The first kappa shape index (κ1) is 24.3. The molecule has 33 heavy (non-hydrogen) atoms. The van der Waals surface area contributed by atoms with Gasteiger partial charge in [-0.1, -0.05) is 60.1 Å². The minimum Gasteiger partial charge on any atom is -0.481 e. The fraction of sp³-hybridized carbons (Fsp3) is 0.292. The lowest BCUT2D eigenvalue weighted by atomic mass is 10.1. The maximum absolute atomic E-state index is 13.4. The summed E-state index contributed by atoms with van der Waals surface area (Å²) >= 11 is 3.36. The third-order valence-electron chi connectivity index (χ3n) is 4.96. The number of halogens is 1. The fourth-order valence-electron chi connectivity index (χ4n) is 3.40. The first-order chi connectivity index (χ1) is 15.7. The lowest BCUT2D eigenvalue weighted by Crippen LogP contribution is -2.47. The van der Waals surface area contributed by atoms with Crippen LogP contribution in [0.1, 0.15) is 26.3 Å². The van der Waals surface area contributed by atoms with Crippen molar-refractivity contribution < 1.29 is 9.53 Å². The number of nitrogens with zero attached hydrogens (tertiary/aromatic N) is 2. The van der Waals surface area contributed by atoms with Crippen molar-refractivity contribution in [3.05, 3.63) is 85.5 Å². The lowest BCUT2D eigenvalue weighted by Gasteiger charge is -2.28. The molecule has 0 unspecified atom stereocenters. The molecule has 3 rings (SSSR count). The molecule has 1 aromatic heterocycles. The predicted octanol–water partition coefficient (Wildman–Crippen LogP) is 3.39. The summed E-state index contributed by atoms with van der Waals surface area (Å²) in [5.41, 5.74) is 5.74. The minimum atomic E-state index is -0.891. The standard InChI is InChI=1S/C24H27BrN4O4/c1-15(2)13-28(23(31)16(3)33-19-11-9-18(25)10-12-19)20-21(26)29(24(32)27-22(20)30)14-17-7-5-4-6-8-17/h4-12,15-16H,13-14,26H2,1-3H3,(H,27,30,32)/t16-/m1/s1. The molecular weight excluding hydrogens is 488 g/mol. The van der Waals surface area contributed by atoms with E-state index in [1.54, 1.807) is 31.2 Å². The number of hydrogen-bond acceptors (Lipinski definition) is 5. The molecular formula is C24H27BrN4O4. The van der Waals surface area contributed by atoms with Crippen molar-refractivity contribution >= 4 is 33.3 Å². The van der Waals surface area contributed by atoms with Gasteiger partial charge in [-0.3, -0.25) is 19.1 Å². The van der Waals surface area contributed by atoms with E-state index in [-0.39, 0.29) is 30.5 Å². The van der Waals surface area contributed by atoms with E-state index in [1.165, 1.54) is 9.47 Å². The van der Waals surface area contributed by atoms with Gasteiger partial charge in [-0.05, 0) is 42.7 Å². The van der Waals surface area contributed by atoms with Crippen LogP contribution in [0.3, 0.4) is 0 Å². The summed E-state index contributed by atoms with van der Waals surface area (Å²) in [6, 6.07) is 16.3. The van der Waals surface area contributed by atoms with Crippen LogP contribution in [0.5, 0.6) is 5.75 Å². The highest BCUT2D eigenvalue weighted by atomic mass is 79.9. The summed E-state index contributed by atoms with van der Waals surface area (Å²) in [7, 11) is 0. The number of carbonyl (C=O) groups excluding carboxylic acids is 1. The Morgan fingerprint density at radius 3 is 2.33 bits per heavy atom. The Labute approximate surface area is 200 Å². The van der Waals surface area contributed by atoms with E-state index >= 15 is 0 Å². The third-order valence-corrected chi connectivity index (χ3v) is 5.48. The van der Waals surface area contributed by atoms with Crippen molar-refractivity contribution in [1.82, 2.24) is 9.55 Å². The number of benzene rings is 2. The number of rotatable bonds is 8. The number of H-pyrrole nitrogens is 1. The summed E-state index contributed by atoms with van der Waals surface area (Å²) in [5.74, 6) is 0.0350. The number of ether oxygens (including phenoxy) is 1. The first-order valence-corrected chi connectivity index (χ1v) is 11.4. The Morgan fingerprint density at radius 2 is 1.73 bits per heavy atom. The van der Waals surface area contributed by atoms with Gasteiger partial charge >= 0.3 is 5.69 Å². The van der Waals surface area contributed by atoms with E-state index in [2.05, 4.69) is 20.9 Å². The topological polar surface area (TPSA) is 110 Å². The number of aromatic nitrogens is 2. The highest BCUT2D eigenvalue weighted by Gasteiger charge is 2.29. The molecule has 0 radical (unpaired) electrons. The van der Waals surface area contributed by atoms with E-state index in [0.29, 0.717) is 5.75 Å². The lowest BCUT2D eigenvalue weighted by molar-refractivity contribution is -0.124. The molecule has 0 fully saturated rings. The number of nitrogens with one attached hydrogen (secondary N) is 1. The van der Waals surface area contributed by atoms with Gasteiger partial charge in [0.15, 0.2) is 11.8 Å². The number of amides is 1. The van der Waals surface area contributed by atoms with Gasteiger partial charge in [-0.2, -0.15) is 0 Å². The zero-order valence-electron chi connectivity index (χ0n) is 18.7. The normalized spacial score (nSPS) is 11.9. The Bertz CT molecular complexity index is 1220. The molecule has 3 aromatic rings. The van der Waals surface area contributed by atoms with E-state index in [4.69, 9.17) is 10.5 Å². The number of nitrogens with two attached hydrogens (primary N) is 1. The van der Waals surface area contributed by atoms with Gasteiger partial charge in [-0.15, -0.1) is 0 Å². The average molecular weight is 515 g/mol. The van der Waals surface area contributed by atoms with Crippen LogP contribution < -0.4 is 26.6 Å². The van der Waals surface area contributed by atoms with Gasteiger partial charge in [0.05, 0.1) is 6.54 Å². The van der Waals surface area contributed by atoms with E-state index < -0.39 is 23.3 Å². The predicted molar refractivity (Wildman–Crippen MR) is 133 cm³/mol.